The maximum Gasteiger partial charge on any atom is 0.256 e. The first-order valence-electron chi connectivity index (χ1n) is 16.1. The quantitative estimate of drug-likeness (QED) is 0.277. The smallest absolute Gasteiger partial charge is 0.256 e. The van der Waals surface area contributed by atoms with Gasteiger partial charge >= 0.3 is 0 Å². The predicted molar refractivity (Wildman–Crippen MR) is 172 cm³/mol. The Hall–Kier alpha value is -3.67. The molecule has 3 fully saturated rings. The van der Waals surface area contributed by atoms with Crippen LogP contribution in [0.1, 0.15) is 72.7 Å². The SMILES string of the molecule is Cc1nc2ccccc2n1C1C[C@H]2CC[C@@H](C1)N2CCC1(c2ccccc2)CCN(C(=O)c2cc(S(N)(=O)=O)c(F)cc2F)CC1. The van der Waals surface area contributed by atoms with Crippen molar-refractivity contribution in [2.45, 2.75) is 80.3 Å². The van der Waals surface area contributed by atoms with Crippen LogP contribution in [0, 0.1) is 18.6 Å². The Kier molecular flexibility index (Phi) is 7.97. The van der Waals surface area contributed by atoms with Crippen LogP contribution in [0.3, 0.4) is 0 Å². The van der Waals surface area contributed by atoms with Gasteiger partial charge in [0.15, 0.2) is 0 Å². The van der Waals surface area contributed by atoms with E-state index in [2.05, 4.69) is 46.7 Å². The molecule has 46 heavy (non-hydrogen) atoms. The van der Waals surface area contributed by atoms with Gasteiger partial charge in [-0.25, -0.2) is 27.3 Å². The number of likely N-dealkylation sites (tertiary alicyclic amines) is 1. The second kappa shape index (κ2) is 11.8. The van der Waals surface area contributed by atoms with Gasteiger partial charge in [-0.05, 0) is 87.6 Å². The lowest BCUT2D eigenvalue weighted by molar-refractivity contribution is 0.0603. The number of carbonyl (C=O) groups is 1. The van der Waals surface area contributed by atoms with Crippen molar-refractivity contribution in [2.24, 2.45) is 5.14 Å². The van der Waals surface area contributed by atoms with E-state index in [0.717, 1.165) is 43.2 Å². The number of hydrogen-bond acceptors (Lipinski definition) is 5. The Balaban J connectivity index is 1.07. The Morgan fingerprint density at radius 3 is 2.26 bits per heavy atom. The van der Waals surface area contributed by atoms with Crippen molar-refractivity contribution in [1.29, 1.82) is 0 Å². The van der Waals surface area contributed by atoms with Gasteiger partial charge in [0.1, 0.15) is 22.4 Å². The van der Waals surface area contributed by atoms with Crippen molar-refractivity contribution < 1.29 is 22.0 Å². The lowest BCUT2D eigenvalue weighted by Gasteiger charge is -2.45. The molecule has 3 atom stereocenters. The van der Waals surface area contributed by atoms with Gasteiger partial charge in [0.25, 0.3) is 5.91 Å². The van der Waals surface area contributed by atoms with Crippen LogP contribution in [-0.2, 0) is 15.4 Å². The monoisotopic (exact) mass is 647 g/mol. The summed E-state index contributed by atoms with van der Waals surface area (Å²) in [5.41, 5.74) is 2.84. The molecular formula is C35H39F2N5O3S. The number of halogens is 2. The molecule has 3 aromatic carbocycles. The molecule has 2 N–H and O–H groups in total. The van der Waals surface area contributed by atoms with Gasteiger partial charge in [-0.2, -0.15) is 0 Å². The molecule has 4 heterocycles. The minimum absolute atomic E-state index is 0.168. The molecule has 1 aromatic heterocycles. The molecule has 0 saturated carbocycles. The molecule has 3 aliphatic heterocycles. The van der Waals surface area contributed by atoms with Gasteiger partial charge in [-0.3, -0.25) is 9.69 Å². The molecule has 4 aromatic rings. The fourth-order valence-corrected chi connectivity index (χ4v) is 9.10. The summed E-state index contributed by atoms with van der Waals surface area (Å²) in [6.07, 6.45) is 6.88. The molecule has 8 nitrogen and oxygen atoms in total. The number of piperidine rings is 2. The summed E-state index contributed by atoms with van der Waals surface area (Å²) in [6, 6.07) is 21.4. The van der Waals surface area contributed by atoms with E-state index in [0.29, 0.717) is 50.1 Å². The van der Waals surface area contributed by atoms with Crippen LogP contribution in [0.5, 0.6) is 0 Å². The van der Waals surface area contributed by atoms with Gasteiger partial charge in [-0.15, -0.1) is 0 Å². The second-order valence-corrected chi connectivity index (χ2v) is 14.8. The summed E-state index contributed by atoms with van der Waals surface area (Å²) in [5, 5.41) is 5.11. The van der Waals surface area contributed by atoms with Crippen molar-refractivity contribution in [3.8, 4) is 0 Å². The third-order valence-corrected chi connectivity index (χ3v) is 11.7. The zero-order valence-corrected chi connectivity index (χ0v) is 26.7. The highest BCUT2D eigenvalue weighted by atomic mass is 32.2. The summed E-state index contributed by atoms with van der Waals surface area (Å²) >= 11 is 0. The van der Waals surface area contributed by atoms with Gasteiger partial charge in [-0.1, -0.05) is 42.5 Å². The minimum Gasteiger partial charge on any atom is -0.338 e. The van der Waals surface area contributed by atoms with E-state index in [1.165, 1.54) is 28.8 Å². The zero-order chi connectivity index (χ0) is 32.2. The van der Waals surface area contributed by atoms with Crippen LogP contribution in [0.4, 0.5) is 8.78 Å². The average Bonchev–Trinajstić information content (AvgIpc) is 3.50. The Morgan fingerprint density at radius 1 is 0.935 bits per heavy atom. The summed E-state index contributed by atoms with van der Waals surface area (Å²) in [4.78, 5) is 21.6. The normalized spacial score (nSPS) is 23.2. The number of imidazole rings is 1. The van der Waals surface area contributed by atoms with Crippen LogP contribution >= 0.6 is 0 Å². The highest BCUT2D eigenvalue weighted by molar-refractivity contribution is 7.89. The van der Waals surface area contributed by atoms with E-state index in [1.807, 2.05) is 24.3 Å². The maximum atomic E-state index is 14.7. The van der Waals surface area contributed by atoms with E-state index < -0.39 is 38.0 Å². The highest BCUT2D eigenvalue weighted by Gasteiger charge is 2.44. The maximum absolute atomic E-state index is 14.7. The fourth-order valence-electron chi connectivity index (χ4n) is 8.48. The number of carbonyl (C=O) groups excluding carboxylic acids is 1. The van der Waals surface area contributed by atoms with Crippen LogP contribution < -0.4 is 5.14 Å². The van der Waals surface area contributed by atoms with E-state index in [4.69, 9.17) is 10.1 Å². The number of nitrogens with two attached hydrogens (primary N) is 1. The van der Waals surface area contributed by atoms with E-state index in [-0.39, 0.29) is 5.41 Å². The third-order valence-electron chi connectivity index (χ3n) is 10.8. The first-order valence-corrected chi connectivity index (χ1v) is 17.6. The Morgan fingerprint density at radius 2 is 1.59 bits per heavy atom. The molecule has 7 rings (SSSR count). The molecule has 1 amide bonds. The molecule has 3 saturated heterocycles. The van der Waals surface area contributed by atoms with Gasteiger partial charge in [0.05, 0.1) is 16.6 Å². The number of primary sulfonamides is 1. The summed E-state index contributed by atoms with van der Waals surface area (Å²) in [6.45, 7) is 3.81. The third kappa shape index (κ3) is 5.52. The van der Waals surface area contributed by atoms with E-state index >= 15 is 0 Å². The molecular weight excluding hydrogens is 608 g/mol. The van der Waals surface area contributed by atoms with Gasteiger partial charge in [0, 0.05) is 37.3 Å². The molecule has 0 spiro atoms. The largest absolute Gasteiger partial charge is 0.338 e. The number of sulfonamides is 1. The zero-order valence-electron chi connectivity index (χ0n) is 25.9. The number of aromatic nitrogens is 2. The molecule has 0 radical (unpaired) electrons. The lowest BCUT2D eigenvalue weighted by Crippen LogP contribution is -2.49. The number of rotatable bonds is 7. The van der Waals surface area contributed by atoms with Crippen LogP contribution in [0.15, 0.2) is 71.6 Å². The molecule has 1 unspecified atom stereocenters. The summed E-state index contributed by atoms with van der Waals surface area (Å²) < 4.78 is 55.0. The van der Waals surface area contributed by atoms with E-state index in [1.54, 1.807) is 0 Å². The van der Waals surface area contributed by atoms with Gasteiger partial charge in [0.2, 0.25) is 10.0 Å². The first kappa shape index (κ1) is 31.0. The number of fused-ring (bicyclic) bond motifs is 3. The number of para-hydroxylation sites is 2. The lowest BCUT2D eigenvalue weighted by atomic mass is 9.70. The van der Waals surface area contributed by atoms with Crippen LogP contribution in [0.2, 0.25) is 0 Å². The summed E-state index contributed by atoms with van der Waals surface area (Å²) in [7, 11) is -4.46. The van der Waals surface area contributed by atoms with Crippen molar-refractivity contribution in [1.82, 2.24) is 19.4 Å². The van der Waals surface area contributed by atoms with Crippen molar-refractivity contribution in [3.63, 3.8) is 0 Å². The standard InChI is InChI=1S/C35H39F2N5O3S/c1-23-39-31-9-5-6-10-32(31)42(23)27-19-25-11-12-26(20-27)41(25)18-15-35(24-7-3-2-4-8-24)13-16-40(17-14-35)34(43)28-21-33(46(38,44)45)30(37)22-29(28)36/h2-10,21-22,25-27H,11-20H2,1H3,(H2,38,44,45)/t25-,26+,27?. The number of amides is 1. The van der Waals surface area contributed by atoms with E-state index in [9.17, 15) is 22.0 Å². The summed E-state index contributed by atoms with van der Waals surface area (Å²) in [5.74, 6) is -2.01. The fraction of sp³-hybridized carbons (Fsp3) is 0.429. The highest BCUT2D eigenvalue weighted by Crippen LogP contribution is 2.45. The van der Waals surface area contributed by atoms with Gasteiger partial charge < -0.3 is 9.47 Å². The van der Waals surface area contributed by atoms with Crippen molar-refractivity contribution >= 4 is 27.0 Å². The topological polar surface area (TPSA) is 102 Å². The molecule has 2 bridgehead atoms. The van der Waals surface area contributed by atoms with Crippen LogP contribution in [-0.4, -0.2) is 65.4 Å². The molecule has 0 aliphatic carbocycles. The molecule has 3 aliphatic rings. The second-order valence-electron chi connectivity index (χ2n) is 13.3. The average molecular weight is 648 g/mol. The number of nitrogens with zero attached hydrogens (tertiary/aromatic N) is 4. The first-order chi connectivity index (χ1) is 22.0. The molecule has 11 heteroatoms. The van der Waals surface area contributed by atoms with Crippen molar-refractivity contribution in [2.75, 3.05) is 19.6 Å². The minimum atomic E-state index is -4.46. The van der Waals surface area contributed by atoms with Crippen LogP contribution in [0.25, 0.3) is 11.0 Å². The Bertz CT molecular complexity index is 1870. The number of aryl methyl sites for hydroxylation is 1. The number of hydrogen-bond donors (Lipinski definition) is 1. The number of benzene rings is 3. The predicted octanol–water partition coefficient (Wildman–Crippen LogP) is 5.70. The molecule has 242 valence electrons. The Labute approximate surface area is 268 Å². The van der Waals surface area contributed by atoms with Crippen molar-refractivity contribution in [3.05, 3.63) is 95.3 Å².